The summed E-state index contributed by atoms with van der Waals surface area (Å²) in [6.45, 7) is 5.15. The predicted octanol–water partition coefficient (Wildman–Crippen LogP) is 1.02. The summed E-state index contributed by atoms with van der Waals surface area (Å²) in [5, 5.41) is 2.54. The number of unbranched alkanes of at least 4 members (excludes halogenated alkanes) is 1. The molecule has 0 aliphatic carbocycles. The van der Waals surface area contributed by atoms with Crippen molar-refractivity contribution in [1.82, 2.24) is 5.32 Å². The molecule has 1 unspecified atom stereocenters. The van der Waals surface area contributed by atoms with Gasteiger partial charge in [0, 0.05) is 6.42 Å². The number of allylic oxidation sites excluding steroid dienone is 1. The maximum absolute atomic E-state index is 11.2. The van der Waals surface area contributed by atoms with E-state index in [1.54, 1.807) is 13.0 Å². The molecule has 14 heavy (non-hydrogen) atoms. The Morgan fingerprint density at radius 1 is 1.57 bits per heavy atom. The monoisotopic (exact) mass is 199 g/mol. The van der Waals surface area contributed by atoms with Gasteiger partial charge in [0.25, 0.3) is 0 Å². The first-order valence-electron chi connectivity index (χ1n) is 4.60. The third kappa shape index (κ3) is 5.35. The number of carbonyl (C=O) groups excluding carboxylic acids is 2. The van der Waals surface area contributed by atoms with Crippen molar-refractivity contribution < 1.29 is 14.3 Å². The minimum absolute atomic E-state index is 0.134. The maximum Gasteiger partial charge on any atom is 0.328 e. The molecule has 0 saturated heterocycles. The lowest BCUT2D eigenvalue weighted by Gasteiger charge is -2.10. The largest absolute Gasteiger partial charge is 0.467 e. The van der Waals surface area contributed by atoms with E-state index in [4.69, 9.17) is 0 Å². The van der Waals surface area contributed by atoms with Crippen LogP contribution in [0.25, 0.3) is 0 Å². The molecule has 4 heteroatoms. The number of amides is 1. The summed E-state index contributed by atoms with van der Waals surface area (Å²) in [5.41, 5.74) is 0. The summed E-state index contributed by atoms with van der Waals surface area (Å²) in [4.78, 5) is 22.1. The highest BCUT2D eigenvalue weighted by atomic mass is 16.5. The smallest absolute Gasteiger partial charge is 0.328 e. The fourth-order valence-electron chi connectivity index (χ4n) is 0.956. The summed E-state index contributed by atoms with van der Waals surface area (Å²) in [6.07, 6.45) is 3.73. The Balaban J connectivity index is 3.70. The van der Waals surface area contributed by atoms with Crippen LogP contribution in [0.4, 0.5) is 0 Å². The van der Waals surface area contributed by atoms with Crippen LogP contribution in [-0.4, -0.2) is 25.0 Å². The second-order valence-electron chi connectivity index (χ2n) is 2.99. The fourth-order valence-corrected chi connectivity index (χ4v) is 0.956. The van der Waals surface area contributed by atoms with Crippen LogP contribution >= 0.6 is 0 Å². The summed E-state index contributed by atoms with van der Waals surface area (Å²) in [6, 6.07) is -0.573. The summed E-state index contributed by atoms with van der Waals surface area (Å²) in [7, 11) is 1.29. The van der Waals surface area contributed by atoms with Crippen LogP contribution < -0.4 is 5.32 Å². The van der Waals surface area contributed by atoms with Crippen molar-refractivity contribution in [2.45, 2.75) is 32.2 Å². The Morgan fingerprint density at radius 2 is 2.21 bits per heavy atom. The van der Waals surface area contributed by atoms with E-state index in [1.165, 1.54) is 7.11 Å². The van der Waals surface area contributed by atoms with Crippen molar-refractivity contribution in [2.75, 3.05) is 7.11 Å². The average Bonchev–Trinajstić information content (AvgIpc) is 2.16. The van der Waals surface area contributed by atoms with Crippen molar-refractivity contribution in [3.63, 3.8) is 0 Å². The van der Waals surface area contributed by atoms with Crippen molar-refractivity contribution in [1.29, 1.82) is 0 Å². The number of nitrogens with one attached hydrogen (secondary N) is 1. The van der Waals surface area contributed by atoms with Crippen LogP contribution in [0.3, 0.4) is 0 Å². The van der Waals surface area contributed by atoms with Gasteiger partial charge in [-0.3, -0.25) is 4.79 Å². The Hall–Kier alpha value is -1.32. The van der Waals surface area contributed by atoms with Crippen molar-refractivity contribution in [2.24, 2.45) is 0 Å². The summed E-state index contributed by atoms with van der Waals surface area (Å²) < 4.78 is 4.47. The van der Waals surface area contributed by atoms with Gasteiger partial charge in [-0.1, -0.05) is 6.08 Å². The molecule has 1 N–H and O–H groups in total. The number of hydrogen-bond acceptors (Lipinski definition) is 3. The molecule has 0 aromatic carbocycles. The van der Waals surface area contributed by atoms with E-state index >= 15 is 0 Å². The van der Waals surface area contributed by atoms with Crippen molar-refractivity contribution in [3.8, 4) is 0 Å². The molecule has 0 spiro atoms. The molecule has 1 amide bonds. The van der Waals surface area contributed by atoms with Crippen LogP contribution in [0.2, 0.25) is 0 Å². The number of ether oxygens (including phenoxy) is 1. The van der Waals surface area contributed by atoms with Crippen LogP contribution in [0.5, 0.6) is 0 Å². The van der Waals surface area contributed by atoms with E-state index in [9.17, 15) is 9.59 Å². The lowest BCUT2D eigenvalue weighted by Crippen LogP contribution is -2.38. The van der Waals surface area contributed by atoms with Gasteiger partial charge in [0.15, 0.2) is 0 Å². The Bertz CT molecular complexity index is 213. The van der Waals surface area contributed by atoms with Crippen LogP contribution in [0.1, 0.15) is 26.2 Å². The molecule has 0 aliphatic heterocycles. The molecule has 0 radical (unpaired) electrons. The lowest BCUT2D eigenvalue weighted by atomic mass is 10.2. The molecular weight excluding hydrogens is 182 g/mol. The number of rotatable bonds is 6. The first-order valence-corrected chi connectivity index (χ1v) is 4.60. The van der Waals surface area contributed by atoms with Crippen LogP contribution in [0.15, 0.2) is 12.7 Å². The van der Waals surface area contributed by atoms with Gasteiger partial charge in [0.05, 0.1) is 7.11 Å². The lowest BCUT2D eigenvalue weighted by molar-refractivity contribution is -0.144. The summed E-state index contributed by atoms with van der Waals surface area (Å²) >= 11 is 0. The molecule has 0 aromatic heterocycles. The topological polar surface area (TPSA) is 55.4 Å². The molecule has 0 aromatic rings. The first kappa shape index (κ1) is 12.7. The Morgan fingerprint density at radius 3 is 2.71 bits per heavy atom. The zero-order valence-corrected chi connectivity index (χ0v) is 8.71. The van der Waals surface area contributed by atoms with Crippen LogP contribution in [-0.2, 0) is 14.3 Å². The predicted molar refractivity (Wildman–Crippen MR) is 53.7 cm³/mol. The highest BCUT2D eigenvalue weighted by molar-refractivity contribution is 5.83. The average molecular weight is 199 g/mol. The van der Waals surface area contributed by atoms with E-state index in [0.717, 1.165) is 12.8 Å². The Labute approximate surface area is 84.3 Å². The molecule has 0 fully saturated rings. The molecule has 0 bridgehead atoms. The van der Waals surface area contributed by atoms with E-state index in [0.29, 0.717) is 6.42 Å². The third-order valence-electron chi connectivity index (χ3n) is 1.74. The van der Waals surface area contributed by atoms with Gasteiger partial charge in [-0.05, 0) is 19.8 Å². The molecule has 1 atom stereocenters. The van der Waals surface area contributed by atoms with Gasteiger partial charge in [0.2, 0.25) is 5.91 Å². The number of esters is 1. The van der Waals surface area contributed by atoms with Crippen LogP contribution in [0, 0.1) is 0 Å². The quantitative estimate of drug-likeness (QED) is 0.395. The van der Waals surface area contributed by atoms with Gasteiger partial charge in [-0.15, -0.1) is 6.58 Å². The normalized spacial score (nSPS) is 11.6. The minimum Gasteiger partial charge on any atom is -0.467 e. The molecule has 0 saturated carbocycles. The van der Waals surface area contributed by atoms with E-state index in [1.807, 2.05) is 0 Å². The van der Waals surface area contributed by atoms with E-state index < -0.39 is 12.0 Å². The number of carbonyl (C=O) groups is 2. The van der Waals surface area contributed by atoms with Gasteiger partial charge < -0.3 is 10.1 Å². The number of hydrogen-bond donors (Lipinski definition) is 1. The van der Waals surface area contributed by atoms with Crippen molar-refractivity contribution in [3.05, 3.63) is 12.7 Å². The zero-order valence-electron chi connectivity index (χ0n) is 8.71. The SMILES string of the molecule is C=CCCCC(=O)NC(C)C(=O)OC. The minimum atomic E-state index is -0.573. The fraction of sp³-hybridized carbons (Fsp3) is 0.600. The second-order valence-corrected chi connectivity index (χ2v) is 2.99. The van der Waals surface area contributed by atoms with Gasteiger partial charge >= 0.3 is 5.97 Å². The van der Waals surface area contributed by atoms with Gasteiger partial charge in [-0.25, -0.2) is 4.79 Å². The van der Waals surface area contributed by atoms with Gasteiger partial charge in [0.1, 0.15) is 6.04 Å². The highest BCUT2D eigenvalue weighted by Gasteiger charge is 2.14. The maximum atomic E-state index is 11.2. The molecule has 4 nitrogen and oxygen atoms in total. The summed E-state index contributed by atoms with van der Waals surface area (Å²) in [5.74, 6) is -0.563. The van der Waals surface area contributed by atoms with Gasteiger partial charge in [-0.2, -0.15) is 0 Å². The zero-order chi connectivity index (χ0) is 11.0. The molecule has 0 aliphatic rings. The third-order valence-corrected chi connectivity index (χ3v) is 1.74. The second kappa shape index (κ2) is 7.12. The highest BCUT2D eigenvalue weighted by Crippen LogP contribution is 1.96. The molecule has 80 valence electrons. The van der Waals surface area contributed by atoms with Crippen molar-refractivity contribution >= 4 is 11.9 Å². The van der Waals surface area contributed by atoms with E-state index in [2.05, 4.69) is 16.6 Å². The first-order chi connectivity index (χ1) is 6.61. The molecule has 0 rings (SSSR count). The molecule has 0 heterocycles. The molecular formula is C10H17NO3. The standard InChI is InChI=1S/C10H17NO3/c1-4-5-6-7-9(12)11-8(2)10(13)14-3/h4,8H,1,5-7H2,2-3H3,(H,11,12). The Kier molecular flexibility index (Phi) is 6.45. The number of methoxy groups -OCH3 is 1. The van der Waals surface area contributed by atoms with E-state index in [-0.39, 0.29) is 5.91 Å².